The molecule has 1 aromatic carbocycles. The van der Waals surface area contributed by atoms with Crippen LogP contribution in [0.15, 0.2) is 48.1 Å². The molecule has 3 heteroatoms. The first kappa shape index (κ1) is 21.4. The number of aromatic hydroxyl groups is 1. The van der Waals surface area contributed by atoms with Gasteiger partial charge in [0, 0.05) is 18.7 Å². The number of ketones is 1. The van der Waals surface area contributed by atoms with Crippen LogP contribution in [0.25, 0.3) is 0 Å². The Bertz CT molecular complexity index is 660. The van der Waals surface area contributed by atoms with E-state index in [1.54, 1.807) is 29.8 Å². The largest absolute Gasteiger partial charge is 0.508 e. The molecule has 4 rings (SSSR count). The maximum atomic E-state index is 12.4. The van der Waals surface area contributed by atoms with E-state index in [1.165, 1.54) is 25.7 Å². The number of allylic oxidation sites excluding steroid dienone is 4. The molecule has 27 heavy (non-hydrogen) atoms. The molecule has 1 heterocycles. The van der Waals surface area contributed by atoms with Gasteiger partial charge < -0.3 is 5.11 Å². The van der Waals surface area contributed by atoms with Crippen molar-refractivity contribution in [3.8, 4) is 5.75 Å². The van der Waals surface area contributed by atoms with Gasteiger partial charge in [0.05, 0.1) is 6.54 Å². The minimum absolute atomic E-state index is 0. The van der Waals surface area contributed by atoms with E-state index in [-0.39, 0.29) is 19.0 Å². The van der Waals surface area contributed by atoms with Crippen molar-refractivity contribution in [2.45, 2.75) is 47.0 Å². The van der Waals surface area contributed by atoms with E-state index in [0.29, 0.717) is 12.1 Å². The molecule has 2 fully saturated rings. The number of nitrogens with zero attached hydrogens (tertiary/aromatic N) is 1. The third-order valence-electron chi connectivity index (χ3n) is 5.88. The summed E-state index contributed by atoms with van der Waals surface area (Å²) in [5, 5.41) is 9.33. The molecule has 148 valence electrons. The number of phenolic OH excluding ortho intramolecular Hbond substituents is 1. The van der Waals surface area contributed by atoms with Gasteiger partial charge in [-0.2, -0.15) is 0 Å². The zero-order valence-electron chi connectivity index (χ0n) is 16.0. The molecule has 3 aliphatic rings. The van der Waals surface area contributed by atoms with E-state index in [1.807, 2.05) is 13.8 Å². The Kier molecular flexibility index (Phi) is 7.85. The molecule has 1 saturated carbocycles. The fraction of sp³-hybridized carbons (Fsp3) is 0.542. The lowest BCUT2D eigenvalue weighted by molar-refractivity contribution is 0.0940. The number of hydrogen-bond acceptors (Lipinski definition) is 3. The number of carbonyl (C=O) groups excluding carboxylic acids is 1. The summed E-state index contributed by atoms with van der Waals surface area (Å²) in [5.41, 5.74) is 2.25. The Morgan fingerprint density at radius 3 is 2.26 bits per heavy atom. The molecule has 2 unspecified atom stereocenters. The molecule has 0 amide bonds. The van der Waals surface area contributed by atoms with Crippen molar-refractivity contribution in [1.82, 2.24) is 4.90 Å². The van der Waals surface area contributed by atoms with Crippen LogP contribution in [0, 0.1) is 17.8 Å². The smallest absolute Gasteiger partial charge is 0.176 e. The fourth-order valence-corrected chi connectivity index (χ4v) is 4.68. The molecule has 0 bridgehead atoms. The van der Waals surface area contributed by atoms with Gasteiger partial charge in [0.25, 0.3) is 0 Å². The van der Waals surface area contributed by atoms with Crippen LogP contribution < -0.4 is 0 Å². The van der Waals surface area contributed by atoms with E-state index in [0.717, 1.165) is 30.8 Å². The lowest BCUT2D eigenvalue weighted by Gasteiger charge is -2.20. The molecule has 1 aromatic rings. The summed E-state index contributed by atoms with van der Waals surface area (Å²) in [5.74, 6) is 2.60. The lowest BCUT2D eigenvalue weighted by atomic mass is 9.91. The second kappa shape index (κ2) is 9.89. The number of rotatable bonds is 4. The minimum Gasteiger partial charge on any atom is -0.508 e. The number of phenols is 1. The topological polar surface area (TPSA) is 40.5 Å². The molecule has 1 N–H and O–H groups in total. The molecule has 0 radical (unpaired) electrons. The summed E-state index contributed by atoms with van der Waals surface area (Å²) in [6, 6.07) is 6.60. The van der Waals surface area contributed by atoms with Crippen molar-refractivity contribution in [1.29, 1.82) is 0 Å². The van der Waals surface area contributed by atoms with Gasteiger partial charge in [-0.1, -0.05) is 39.5 Å². The summed E-state index contributed by atoms with van der Waals surface area (Å²) in [4.78, 5) is 14.7. The van der Waals surface area contributed by atoms with Gasteiger partial charge in [-0.15, -0.1) is 0 Å². The van der Waals surface area contributed by atoms with Gasteiger partial charge in [-0.25, -0.2) is 0 Å². The summed E-state index contributed by atoms with van der Waals surface area (Å²) in [6.07, 6.45) is 12.0. The lowest BCUT2D eigenvalue weighted by Crippen LogP contribution is -2.29. The third-order valence-corrected chi connectivity index (χ3v) is 5.88. The highest BCUT2D eigenvalue weighted by atomic mass is 16.3. The van der Waals surface area contributed by atoms with Crippen molar-refractivity contribution in [2.24, 2.45) is 17.8 Å². The second-order valence-electron chi connectivity index (χ2n) is 7.54. The number of hydrogen-bond donors (Lipinski definition) is 1. The Morgan fingerprint density at radius 2 is 1.70 bits per heavy atom. The third kappa shape index (κ3) is 5.10. The Morgan fingerprint density at radius 1 is 1.07 bits per heavy atom. The average molecular weight is 370 g/mol. The Hall–Kier alpha value is -1.87. The quantitative estimate of drug-likeness (QED) is 0.715. The number of carbonyl (C=O) groups is 1. The van der Waals surface area contributed by atoms with Gasteiger partial charge in [0.15, 0.2) is 5.78 Å². The van der Waals surface area contributed by atoms with Crippen molar-refractivity contribution < 1.29 is 9.90 Å². The molecule has 3 nitrogen and oxygen atoms in total. The van der Waals surface area contributed by atoms with E-state index in [2.05, 4.69) is 23.1 Å². The van der Waals surface area contributed by atoms with Crippen molar-refractivity contribution in [3.63, 3.8) is 0 Å². The van der Waals surface area contributed by atoms with Crippen molar-refractivity contribution >= 4 is 5.78 Å². The van der Waals surface area contributed by atoms with Crippen LogP contribution in [-0.4, -0.2) is 35.4 Å². The van der Waals surface area contributed by atoms with Gasteiger partial charge in [-0.05, 0) is 73.3 Å². The predicted octanol–water partition coefficient (Wildman–Crippen LogP) is 5.47. The van der Waals surface area contributed by atoms with Gasteiger partial charge in [0.1, 0.15) is 5.75 Å². The molecular weight excluding hydrogens is 334 g/mol. The monoisotopic (exact) mass is 369 g/mol. The van der Waals surface area contributed by atoms with E-state index in [9.17, 15) is 9.90 Å². The molecular formula is C24H35NO2. The first-order chi connectivity index (χ1) is 12.7. The molecule has 2 aliphatic carbocycles. The van der Waals surface area contributed by atoms with Crippen molar-refractivity contribution in [3.05, 3.63) is 53.6 Å². The average Bonchev–Trinajstić information content (AvgIpc) is 3.23. The zero-order chi connectivity index (χ0) is 18.5. The molecule has 0 spiro atoms. The second-order valence-corrected chi connectivity index (χ2v) is 7.54. The van der Waals surface area contributed by atoms with Gasteiger partial charge >= 0.3 is 0 Å². The van der Waals surface area contributed by atoms with Crippen LogP contribution in [0.1, 0.15) is 57.3 Å². The van der Waals surface area contributed by atoms with Crippen LogP contribution in [0.4, 0.5) is 0 Å². The molecule has 1 aliphatic heterocycles. The van der Waals surface area contributed by atoms with Gasteiger partial charge in [-0.3, -0.25) is 9.69 Å². The zero-order valence-corrected chi connectivity index (χ0v) is 16.0. The summed E-state index contributed by atoms with van der Waals surface area (Å²) < 4.78 is 0. The number of Topliss-reactive ketones (excluding diaryl/α,β-unsaturated/α-hetero) is 1. The maximum Gasteiger partial charge on any atom is 0.176 e. The van der Waals surface area contributed by atoms with Crippen molar-refractivity contribution in [2.75, 3.05) is 19.6 Å². The summed E-state index contributed by atoms with van der Waals surface area (Å²) in [6.45, 7) is 6.62. The summed E-state index contributed by atoms with van der Waals surface area (Å²) >= 11 is 0. The van der Waals surface area contributed by atoms with Gasteiger partial charge in [0.2, 0.25) is 0 Å². The maximum absolute atomic E-state index is 12.4. The van der Waals surface area contributed by atoms with Crippen LogP contribution in [-0.2, 0) is 0 Å². The number of benzene rings is 1. The Labute approximate surface area is 164 Å². The SMILES string of the molecule is C.CC.O=C(CN1CC2CC(C3=CCCC=C3)CC2C1)c1ccc(O)cc1. The highest BCUT2D eigenvalue weighted by Crippen LogP contribution is 2.45. The normalized spacial score (nSPS) is 26.4. The highest BCUT2D eigenvalue weighted by molar-refractivity contribution is 5.97. The number of likely N-dealkylation sites (tertiary alicyclic amines) is 1. The van der Waals surface area contributed by atoms with Crippen LogP contribution >= 0.6 is 0 Å². The fourth-order valence-electron chi connectivity index (χ4n) is 4.68. The van der Waals surface area contributed by atoms with Crippen LogP contribution in [0.2, 0.25) is 0 Å². The van der Waals surface area contributed by atoms with E-state index >= 15 is 0 Å². The standard InChI is InChI=1S/C21H25NO2.C2H6.CH4/c23-20-8-6-16(7-9-20)21(24)14-22-12-18-10-17(11-19(18)13-22)15-4-2-1-3-5-15;1-2;/h2,4-9,17-19,23H,1,3,10-14H2;1-2H3;1H4. The van der Waals surface area contributed by atoms with E-state index in [4.69, 9.17) is 0 Å². The first-order valence-electron chi connectivity index (χ1n) is 10.1. The molecule has 1 saturated heterocycles. The van der Waals surface area contributed by atoms with Crippen LogP contribution in [0.5, 0.6) is 5.75 Å². The highest BCUT2D eigenvalue weighted by Gasteiger charge is 2.41. The predicted molar refractivity (Wildman–Crippen MR) is 113 cm³/mol. The van der Waals surface area contributed by atoms with E-state index < -0.39 is 0 Å². The molecule has 0 aromatic heterocycles. The van der Waals surface area contributed by atoms with Crippen LogP contribution in [0.3, 0.4) is 0 Å². The molecule has 2 atom stereocenters. The number of fused-ring (bicyclic) bond motifs is 1. The summed E-state index contributed by atoms with van der Waals surface area (Å²) in [7, 11) is 0. The Balaban J connectivity index is 0.000000844. The first-order valence-corrected chi connectivity index (χ1v) is 10.1. The minimum atomic E-state index is 0.